The van der Waals surface area contributed by atoms with Crippen molar-refractivity contribution in [1.82, 2.24) is 5.32 Å². The summed E-state index contributed by atoms with van der Waals surface area (Å²) in [5.74, 6) is 0.822. The second-order valence-corrected chi connectivity index (χ2v) is 3.46. The van der Waals surface area contributed by atoms with E-state index >= 15 is 0 Å². The Morgan fingerprint density at radius 1 is 1.38 bits per heavy atom. The van der Waals surface area contributed by atoms with Crippen LogP contribution in [0, 0.1) is 5.92 Å². The van der Waals surface area contributed by atoms with Crippen molar-refractivity contribution in [3.8, 4) is 0 Å². The van der Waals surface area contributed by atoms with Gasteiger partial charge in [0.25, 0.3) is 0 Å². The van der Waals surface area contributed by atoms with Crippen molar-refractivity contribution in [2.45, 2.75) is 39.5 Å². The maximum absolute atomic E-state index is 5.33. The number of hydrogen-bond donors (Lipinski definition) is 2. The Morgan fingerprint density at radius 3 is 2.69 bits per heavy atom. The van der Waals surface area contributed by atoms with Gasteiger partial charge in [0.2, 0.25) is 0 Å². The molecule has 1 atom stereocenters. The molecule has 13 heavy (non-hydrogen) atoms. The lowest BCUT2D eigenvalue weighted by Gasteiger charge is -2.13. The molecule has 0 aliphatic carbocycles. The molecule has 0 rings (SSSR count). The average molecular weight is 184 g/mol. The fourth-order valence-corrected chi connectivity index (χ4v) is 1.33. The molecular weight excluding hydrogens is 160 g/mol. The average Bonchev–Trinajstić information content (AvgIpc) is 2.17. The van der Waals surface area contributed by atoms with Crippen LogP contribution in [0.3, 0.4) is 0 Å². The van der Waals surface area contributed by atoms with Crippen LogP contribution in [0.2, 0.25) is 0 Å². The van der Waals surface area contributed by atoms with Crippen LogP contribution in [-0.2, 0) is 0 Å². The third kappa shape index (κ3) is 7.85. The van der Waals surface area contributed by atoms with Gasteiger partial charge in [-0.1, -0.05) is 39.2 Å². The van der Waals surface area contributed by atoms with Crippen molar-refractivity contribution < 1.29 is 0 Å². The number of hydrogen-bond acceptors (Lipinski definition) is 2. The van der Waals surface area contributed by atoms with E-state index in [0.29, 0.717) is 6.54 Å². The third-order valence-corrected chi connectivity index (χ3v) is 2.32. The van der Waals surface area contributed by atoms with Crippen LogP contribution in [0.15, 0.2) is 12.3 Å². The van der Waals surface area contributed by atoms with Crippen molar-refractivity contribution in [2.75, 3.05) is 13.1 Å². The first-order valence-electron chi connectivity index (χ1n) is 5.43. The normalized spacial score (nSPS) is 13.5. The molecule has 2 heteroatoms. The largest absolute Gasteiger partial charge is 0.391 e. The van der Waals surface area contributed by atoms with Gasteiger partial charge in [-0.25, -0.2) is 0 Å². The Hall–Kier alpha value is -0.500. The van der Waals surface area contributed by atoms with Gasteiger partial charge >= 0.3 is 0 Å². The van der Waals surface area contributed by atoms with E-state index in [-0.39, 0.29) is 0 Å². The van der Waals surface area contributed by atoms with E-state index < -0.39 is 0 Å². The van der Waals surface area contributed by atoms with Gasteiger partial charge in [0.15, 0.2) is 0 Å². The Labute approximate surface area is 82.6 Å². The smallest absolute Gasteiger partial charge is 0.0169 e. The SMILES string of the molecule is CCCCC(CC)CNC=CCN. The van der Waals surface area contributed by atoms with E-state index in [9.17, 15) is 0 Å². The van der Waals surface area contributed by atoms with Crippen LogP contribution in [0.25, 0.3) is 0 Å². The van der Waals surface area contributed by atoms with E-state index in [2.05, 4.69) is 19.2 Å². The van der Waals surface area contributed by atoms with Crippen molar-refractivity contribution in [1.29, 1.82) is 0 Å². The minimum absolute atomic E-state index is 0.624. The monoisotopic (exact) mass is 184 g/mol. The zero-order chi connectivity index (χ0) is 9.94. The minimum atomic E-state index is 0.624. The highest BCUT2D eigenvalue weighted by Crippen LogP contribution is 2.10. The molecule has 0 radical (unpaired) electrons. The standard InChI is InChI=1S/C11H24N2/c1-3-5-7-11(4-2)10-13-9-6-8-12/h6,9,11,13H,3-5,7-8,10,12H2,1-2H3. The molecule has 0 aromatic heterocycles. The summed E-state index contributed by atoms with van der Waals surface area (Å²) in [6, 6.07) is 0. The van der Waals surface area contributed by atoms with E-state index in [0.717, 1.165) is 12.5 Å². The lowest BCUT2D eigenvalue weighted by Crippen LogP contribution is -2.17. The topological polar surface area (TPSA) is 38.0 Å². The van der Waals surface area contributed by atoms with Gasteiger partial charge in [-0.2, -0.15) is 0 Å². The van der Waals surface area contributed by atoms with Crippen molar-refractivity contribution in [3.05, 3.63) is 12.3 Å². The number of nitrogens with two attached hydrogens (primary N) is 1. The van der Waals surface area contributed by atoms with Crippen LogP contribution in [-0.4, -0.2) is 13.1 Å². The fourth-order valence-electron chi connectivity index (χ4n) is 1.33. The molecule has 2 nitrogen and oxygen atoms in total. The Bertz CT molecular complexity index is 121. The van der Waals surface area contributed by atoms with Crippen LogP contribution in [0.4, 0.5) is 0 Å². The van der Waals surface area contributed by atoms with E-state index in [4.69, 9.17) is 5.73 Å². The summed E-state index contributed by atoms with van der Waals surface area (Å²) in [6.07, 6.45) is 9.18. The van der Waals surface area contributed by atoms with Crippen molar-refractivity contribution in [3.63, 3.8) is 0 Å². The molecule has 0 aromatic carbocycles. The first-order chi connectivity index (χ1) is 6.35. The molecule has 0 bridgehead atoms. The zero-order valence-corrected chi connectivity index (χ0v) is 9.05. The van der Waals surface area contributed by atoms with E-state index in [1.54, 1.807) is 0 Å². The highest BCUT2D eigenvalue weighted by Gasteiger charge is 2.02. The summed E-state index contributed by atoms with van der Waals surface area (Å²) >= 11 is 0. The molecule has 0 aromatic rings. The van der Waals surface area contributed by atoms with Gasteiger partial charge in [-0.15, -0.1) is 0 Å². The summed E-state index contributed by atoms with van der Waals surface area (Å²) in [5, 5.41) is 3.29. The fraction of sp³-hybridized carbons (Fsp3) is 0.818. The van der Waals surface area contributed by atoms with Gasteiger partial charge in [0.1, 0.15) is 0 Å². The molecule has 1 unspecified atom stereocenters. The molecule has 0 spiro atoms. The van der Waals surface area contributed by atoms with Gasteiger partial charge in [0, 0.05) is 13.1 Å². The third-order valence-electron chi connectivity index (χ3n) is 2.32. The maximum Gasteiger partial charge on any atom is 0.0169 e. The molecule has 0 saturated heterocycles. The van der Waals surface area contributed by atoms with Crippen LogP contribution in [0.5, 0.6) is 0 Å². The molecule has 0 amide bonds. The van der Waals surface area contributed by atoms with Crippen molar-refractivity contribution >= 4 is 0 Å². The second-order valence-electron chi connectivity index (χ2n) is 3.46. The number of nitrogens with one attached hydrogen (secondary N) is 1. The molecule has 0 aliphatic rings. The van der Waals surface area contributed by atoms with Crippen molar-refractivity contribution in [2.24, 2.45) is 11.7 Å². The van der Waals surface area contributed by atoms with Gasteiger partial charge in [0.05, 0.1) is 0 Å². The van der Waals surface area contributed by atoms with Crippen LogP contribution in [0.1, 0.15) is 39.5 Å². The zero-order valence-electron chi connectivity index (χ0n) is 9.05. The van der Waals surface area contributed by atoms with Crippen LogP contribution < -0.4 is 11.1 Å². The predicted octanol–water partition coefficient (Wildman–Crippen LogP) is 2.26. The molecular formula is C11H24N2. The number of rotatable bonds is 8. The molecule has 0 aliphatic heterocycles. The van der Waals surface area contributed by atoms with E-state index in [1.807, 2.05) is 12.3 Å². The summed E-state index contributed by atoms with van der Waals surface area (Å²) in [5.41, 5.74) is 5.33. The predicted molar refractivity (Wildman–Crippen MR) is 59.5 cm³/mol. The highest BCUT2D eigenvalue weighted by atomic mass is 14.8. The Kier molecular flexibility index (Phi) is 9.22. The number of unbranched alkanes of at least 4 members (excludes halogenated alkanes) is 1. The van der Waals surface area contributed by atoms with Crippen LogP contribution >= 0.6 is 0 Å². The summed E-state index contributed by atoms with van der Waals surface area (Å²) in [6.45, 7) is 6.22. The molecule has 0 fully saturated rings. The first-order valence-corrected chi connectivity index (χ1v) is 5.43. The van der Waals surface area contributed by atoms with Gasteiger partial charge in [-0.05, 0) is 18.5 Å². The molecule has 0 saturated carbocycles. The summed E-state index contributed by atoms with van der Waals surface area (Å²) < 4.78 is 0. The lowest BCUT2D eigenvalue weighted by atomic mass is 9.99. The lowest BCUT2D eigenvalue weighted by molar-refractivity contribution is 0.440. The highest BCUT2D eigenvalue weighted by molar-refractivity contribution is 4.80. The molecule has 3 N–H and O–H groups in total. The Morgan fingerprint density at radius 2 is 2.15 bits per heavy atom. The van der Waals surface area contributed by atoms with Gasteiger partial charge in [-0.3, -0.25) is 0 Å². The Balaban J connectivity index is 3.41. The van der Waals surface area contributed by atoms with Gasteiger partial charge < -0.3 is 11.1 Å². The quantitative estimate of drug-likeness (QED) is 0.607. The van der Waals surface area contributed by atoms with E-state index in [1.165, 1.54) is 25.7 Å². The first kappa shape index (κ1) is 12.5. The molecule has 0 heterocycles. The maximum atomic E-state index is 5.33. The molecule has 78 valence electrons. The minimum Gasteiger partial charge on any atom is -0.391 e. The summed E-state index contributed by atoms with van der Waals surface area (Å²) in [4.78, 5) is 0. The summed E-state index contributed by atoms with van der Waals surface area (Å²) in [7, 11) is 0. The second kappa shape index (κ2) is 9.59.